The summed E-state index contributed by atoms with van der Waals surface area (Å²) in [6.45, 7) is 8.21. The van der Waals surface area contributed by atoms with E-state index in [1.807, 2.05) is 6.92 Å². The van der Waals surface area contributed by atoms with E-state index in [0.717, 1.165) is 36.9 Å². The Morgan fingerprint density at radius 2 is 2.25 bits per heavy atom. The quantitative estimate of drug-likeness (QED) is 0.894. The van der Waals surface area contributed by atoms with Gasteiger partial charge in [-0.05, 0) is 31.8 Å². The van der Waals surface area contributed by atoms with Crippen LogP contribution in [0.15, 0.2) is 5.38 Å². The van der Waals surface area contributed by atoms with Crippen LogP contribution in [0.4, 0.5) is 0 Å². The summed E-state index contributed by atoms with van der Waals surface area (Å²) in [4.78, 5) is 7.09. The zero-order chi connectivity index (χ0) is 13.2. The molecule has 4 nitrogen and oxygen atoms in total. The molecule has 0 saturated carbocycles. The van der Waals surface area contributed by atoms with Crippen molar-refractivity contribution < 1.29 is 4.74 Å². The fraction of sp³-hybridized carbons (Fsp3) is 0.769. The van der Waals surface area contributed by atoms with Crippen molar-refractivity contribution in [1.82, 2.24) is 9.88 Å². The highest BCUT2D eigenvalue weighted by atomic mass is 35.5. The van der Waals surface area contributed by atoms with Gasteiger partial charge >= 0.3 is 0 Å². The van der Waals surface area contributed by atoms with Crippen molar-refractivity contribution in [2.24, 2.45) is 11.1 Å². The maximum atomic E-state index is 5.83. The van der Waals surface area contributed by atoms with Gasteiger partial charge in [0.15, 0.2) is 0 Å². The van der Waals surface area contributed by atoms with Crippen molar-refractivity contribution in [2.75, 3.05) is 26.7 Å². The van der Waals surface area contributed by atoms with E-state index in [1.165, 1.54) is 6.42 Å². The van der Waals surface area contributed by atoms with Gasteiger partial charge < -0.3 is 10.5 Å². The fourth-order valence-corrected chi connectivity index (χ4v) is 3.18. The van der Waals surface area contributed by atoms with Crippen LogP contribution in [0.1, 0.15) is 37.1 Å². The summed E-state index contributed by atoms with van der Waals surface area (Å²) < 4.78 is 5.29. The third kappa shape index (κ3) is 4.83. The number of thiazole rings is 1. The standard InChI is InChI=1S/C13H23N3OS.2ClH/c1-10(17-3)12-15-11(7-18-12)6-16-5-4-13(2,8-14)9-16;;/h7,10H,4-6,8-9,14H2,1-3H3;2*1H. The van der Waals surface area contributed by atoms with Crippen LogP contribution in [0.3, 0.4) is 0 Å². The van der Waals surface area contributed by atoms with E-state index in [2.05, 4.69) is 22.2 Å². The van der Waals surface area contributed by atoms with Crippen LogP contribution in [0.2, 0.25) is 0 Å². The van der Waals surface area contributed by atoms with Crippen molar-refractivity contribution >= 4 is 36.2 Å². The topological polar surface area (TPSA) is 51.4 Å². The van der Waals surface area contributed by atoms with Gasteiger partial charge in [-0.2, -0.15) is 0 Å². The maximum absolute atomic E-state index is 5.83. The molecule has 1 saturated heterocycles. The van der Waals surface area contributed by atoms with Gasteiger partial charge in [-0.25, -0.2) is 4.98 Å². The number of nitrogens with zero attached hydrogens (tertiary/aromatic N) is 2. The SMILES string of the molecule is COC(C)c1nc(CN2CCC(C)(CN)C2)cs1.Cl.Cl. The Balaban J connectivity index is 0.00000180. The molecule has 0 amide bonds. The van der Waals surface area contributed by atoms with Gasteiger partial charge in [0.05, 0.1) is 5.69 Å². The van der Waals surface area contributed by atoms with Crippen LogP contribution < -0.4 is 5.73 Å². The number of halogens is 2. The first-order valence-corrected chi connectivity index (χ1v) is 7.34. The number of hydrogen-bond donors (Lipinski definition) is 1. The highest BCUT2D eigenvalue weighted by molar-refractivity contribution is 7.09. The van der Waals surface area contributed by atoms with Crippen molar-refractivity contribution in [2.45, 2.75) is 32.9 Å². The second-order valence-electron chi connectivity index (χ2n) is 5.53. The highest BCUT2D eigenvalue weighted by Crippen LogP contribution is 2.30. The Hall–Kier alpha value is 0.0900. The van der Waals surface area contributed by atoms with Gasteiger partial charge in [-0.3, -0.25) is 4.90 Å². The molecule has 1 aliphatic rings. The second kappa shape index (κ2) is 8.51. The number of hydrogen-bond acceptors (Lipinski definition) is 5. The lowest BCUT2D eigenvalue weighted by Gasteiger charge is -2.22. The Morgan fingerprint density at radius 3 is 2.80 bits per heavy atom. The van der Waals surface area contributed by atoms with E-state index in [0.29, 0.717) is 5.41 Å². The van der Waals surface area contributed by atoms with E-state index in [9.17, 15) is 0 Å². The summed E-state index contributed by atoms with van der Waals surface area (Å²) in [6, 6.07) is 0. The molecule has 2 atom stereocenters. The number of rotatable bonds is 5. The number of ether oxygens (including phenoxy) is 1. The second-order valence-corrected chi connectivity index (χ2v) is 6.42. The number of aromatic nitrogens is 1. The van der Waals surface area contributed by atoms with E-state index >= 15 is 0 Å². The third-order valence-corrected chi connectivity index (χ3v) is 4.84. The van der Waals surface area contributed by atoms with Crippen molar-refractivity contribution in [1.29, 1.82) is 0 Å². The Kier molecular flexibility index (Phi) is 8.55. The summed E-state index contributed by atoms with van der Waals surface area (Å²) in [6.07, 6.45) is 1.28. The molecule has 1 fully saturated rings. The minimum absolute atomic E-state index is 0. The van der Waals surface area contributed by atoms with Crippen LogP contribution in [0.5, 0.6) is 0 Å². The Morgan fingerprint density at radius 1 is 1.55 bits per heavy atom. The summed E-state index contributed by atoms with van der Waals surface area (Å²) >= 11 is 1.68. The average molecular weight is 342 g/mol. The normalized spacial score (nSPS) is 24.0. The molecule has 0 bridgehead atoms. The van der Waals surface area contributed by atoms with Crippen LogP contribution >= 0.6 is 36.2 Å². The zero-order valence-corrected chi connectivity index (χ0v) is 14.7. The lowest BCUT2D eigenvalue weighted by Crippen LogP contribution is -2.31. The Labute approximate surface area is 137 Å². The summed E-state index contributed by atoms with van der Waals surface area (Å²) in [5.74, 6) is 0. The minimum Gasteiger partial charge on any atom is -0.375 e. The van der Waals surface area contributed by atoms with E-state index < -0.39 is 0 Å². The molecule has 20 heavy (non-hydrogen) atoms. The van der Waals surface area contributed by atoms with Gasteiger partial charge in [0.2, 0.25) is 0 Å². The third-order valence-electron chi connectivity index (χ3n) is 3.79. The average Bonchev–Trinajstić information content (AvgIpc) is 2.97. The molecule has 0 radical (unpaired) electrons. The van der Waals surface area contributed by atoms with Crippen molar-refractivity contribution in [3.8, 4) is 0 Å². The number of likely N-dealkylation sites (tertiary alicyclic amines) is 1. The number of nitrogens with two attached hydrogens (primary N) is 1. The van der Waals surface area contributed by atoms with Crippen molar-refractivity contribution in [3.05, 3.63) is 16.1 Å². The van der Waals surface area contributed by atoms with Crippen LogP contribution in [0, 0.1) is 5.41 Å². The van der Waals surface area contributed by atoms with Crippen LogP contribution in [0.25, 0.3) is 0 Å². The highest BCUT2D eigenvalue weighted by Gasteiger charge is 2.32. The van der Waals surface area contributed by atoms with Crippen molar-refractivity contribution in [3.63, 3.8) is 0 Å². The van der Waals surface area contributed by atoms with Crippen LogP contribution in [-0.4, -0.2) is 36.6 Å². The zero-order valence-electron chi connectivity index (χ0n) is 12.3. The van der Waals surface area contributed by atoms with Gasteiger partial charge in [-0.1, -0.05) is 6.92 Å². The molecular formula is C13H25Cl2N3OS. The predicted octanol–water partition coefficient (Wildman–Crippen LogP) is 2.86. The monoisotopic (exact) mass is 341 g/mol. The predicted molar refractivity (Wildman–Crippen MR) is 89.1 cm³/mol. The summed E-state index contributed by atoms with van der Waals surface area (Å²) in [5, 5.41) is 3.21. The summed E-state index contributed by atoms with van der Waals surface area (Å²) in [7, 11) is 1.72. The lowest BCUT2D eigenvalue weighted by molar-refractivity contribution is 0.119. The lowest BCUT2D eigenvalue weighted by atomic mass is 9.90. The molecule has 0 aliphatic carbocycles. The Bertz CT molecular complexity index is 405. The molecule has 1 aliphatic heterocycles. The minimum atomic E-state index is 0. The number of methoxy groups -OCH3 is 1. The fourth-order valence-electron chi connectivity index (χ4n) is 2.34. The molecule has 2 N–H and O–H groups in total. The molecule has 7 heteroatoms. The molecular weight excluding hydrogens is 317 g/mol. The first kappa shape index (κ1) is 20.1. The molecule has 2 rings (SSSR count). The van der Waals surface area contributed by atoms with E-state index in [4.69, 9.17) is 10.5 Å². The van der Waals surface area contributed by atoms with Gasteiger partial charge in [0.1, 0.15) is 11.1 Å². The van der Waals surface area contributed by atoms with Gasteiger partial charge in [0.25, 0.3) is 0 Å². The van der Waals surface area contributed by atoms with Gasteiger partial charge in [-0.15, -0.1) is 36.2 Å². The molecule has 2 heterocycles. The van der Waals surface area contributed by atoms with E-state index in [1.54, 1.807) is 18.4 Å². The smallest absolute Gasteiger partial charge is 0.122 e. The van der Waals surface area contributed by atoms with E-state index in [-0.39, 0.29) is 30.9 Å². The molecule has 118 valence electrons. The first-order chi connectivity index (χ1) is 8.56. The largest absolute Gasteiger partial charge is 0.375 e. The maximum Gasteiger partial charge on any atom is 0.122 e. The van der Waals surface area contributed by atoms with Crippen LogP contribution in [-0.2, 0) is 11.3 Å². The molecule has 2 unspecified atom stereocenters. The molecule has 0 spiro atoms. The van der Waals surface area contributed by atoms with Gasteiger partial charge in [0, 0.05) is 25.6 Å². The summed E-state index contributed by atoms with van der Waals surface area (Å²) in [5.41, 5.74) is 7.27. The molecule has 1 aromatic rings. The molecule has 0 aromatic carbocycles. The first-order valence-electron chi connectivity index (χ1n) is 6.46. The molecule has 1 aromatic heterocycles.